The highest BCUT2D eigenvalue weighted by Gasteiger charge is 2.38. The Kier molecular flexibility index (Phi) is 2.34. The lowest BCUT2D eigenvalue weighted by Gasteiger charge is -2.44. The molecule has 0 bridgehead atoms. The van der Waals surface area contributed by atoms with Gasteiger partial charge in [-0.1, -0.05) is 0 Å². The predicted molar refractivity (Wildman–Crippen MR) is 59.9 cm³/mol. The highest BCUT2D eigenvalue weighted by molar-refractivity contribution is 6.21. The fourth-order valence-corrected chi connectivity index (χ4v) is 3.32. The van der Waals surface area contributed by atoms with Gasteiger partial charge < -0.3 is 4.90 Å². The molecule has 1 saturated heterocycles. The third-order valence-electron chi connectivity index (χ3n) is 4.06. The Morgan fingerprint density at radius 1 is 1.00 bits per heavy atom. The van der Waals surface area contributed by atoms with Crippen molar-refractivity contribution in [2.75, 3.05) is 6.54 Å². The molecule has 0 N–H and O–H groups in total. The maximum absolute atomic E-state index is 12.0. The molecule has 0 aromatic heterocycles. The van der Waals surface area contributed by atoms with Crippen LogP contribution in [0, 0.1) is 0 Å². The first-order chi connectivity index (χ1) is 7.77. The fraction of sp³-hybridized carbons (Fsp3) is 0.692. The first-order valence-electron chi connectivity index (χ1n) is 6.33. The number of fused-ring (bicyclic) bond motifs is 2. The molecule has 3 heteroatoms. The zero-order valence-corrected chi connectivity index (χ0v) is 9.50. The van der Waals surface area contributed by atoms with Gasteiger partial charge in [0.05, 0.1) is 5.57 Å². The number of allylic oxidation sites excluding steroid dienone is 2. The van der Waals surface area contributed by atoms with Crippen LogP contribution in [-0.2, 0) is 9.59 Å². The van der Waals surface area contributed by atoms with E-state index in [1.807, 2.05) is 0 Å². The van der Waals surface area contributed by atoms with Gasteiger partial charge >= 0.3 is 0 Å². The topological polar surface area (TPSA) is 37.4 Å². The van der Waals surface area contributed by atoms with Crippen molar-refractivity contribution in [1.82, 2.24) is 4.90 Å². The molecule has 1 fully saturated rings. The number of carbonyl (C=O) groups excluding carboxylic acids is 2. The van der Waals surface area contributed by atoms with Crippen molar-refractivity contribution >= 4 is 11.6 Å². The summed E-state index contributed by atoms with van der Waals surface area (Å²) in [5.74, 6) is 0.207. The van der Waals surface area contributed by atoms with Crippen molar-refractivity contribution < 1.29 is 9.59 Å². The van der Waals surface area contributed by atoms with Crippen LogP contribution in [0.4, 0.5) is 0 Å². The standard InChI is InChI=1S/C13H17NO2/c15-11-6-3-5-10-13(11)12(16)8-9-4-1-2-7-14(9)10/h9H,1-8H2. The van der Waals surface area contributed by atoms with E-state index < -0.39 is 0 Å². The van der Waals surface area contributed by atoms with E-state index in [0.717, 1.165) is 31.5 Å². The van der Waals surface area contributed by atoms with Gasteiger partial charge in [-0.3, -0.25) is 9.59 Å². The number of ketones is 2. The lowest BCUT2D eigenvalue weighted by molar-refractivity contribution is -0.124. The number of nitrogens with zero attached hydrogens (tertiary/aromatic N) is 1. The molecule has 3 nitrogen and oxygen atoms in total. The molecule has 86 valence electrons. The zero-order valence-electron chi connectivity index (χ0n) is 9.50. The first kappa shape index (κ1) is 10.1. The molecular weight excluding hydrogens is 202 g/mol. The van der Waals surface area contributed by atoms with Crippen molar-refractivity contribution in [3.8, 4) is 0 Å². The fourth-order valence-electron chi connectivity index (χ4n) is 3.32. The Hall–Kier alpha value is -1.12. The molecule has 0 spiro atoms. The van der Waals surface area contributed by atoms with Gasteiger partial charge in [-0.25, -0.2) is 0 Å². The molecular formula is C13H17NO2. The minimum absolute atomic E-state index is 0.0928. The van der Waals surface area contributed by atoms with Crippen molar-refractivity contribution in [1.29, 1.82) is 0 Å². The lowest BCUT2D eigenvalue weighted by atomic mass is 9.82. The van der Waals surface area contributed by atoms with Gasteiger partial charge in [0.25, 0.3) is 0 Å². The van der Waals surface area contributed by atoms with Crippen LogP contribution >= 0.6 is 0 Å². The molecule has 0 saturated carbocycles. The summed E-state index contributed by atoms with van der Waals surface area (Å²) in [6.07, 6.45) is 6.56. The van der Waals surface area contributed by atoms with Crippen LogP contribution in [0.3, 0.4) is 0 Å². The second-order valence-corrected chi connectivity index (χ2v) is 5.07. The second-order valence-electron chi connectivity index (χ2n) is 5.07. The predicted octanol–water partition coefficient (Wildman–Crippen LogP) is 1.82. The summed E-state index contributed by atoms with van der Waals surface area (Å²) in [4.78, 5) is 26.2. The maximum atomic E-state index is 12.0. The van der Waals surface area contributed by atoms with Gasteiger partial charge in [-0.2, -0.15) is 0 Å². The molecule has 0 aromatic carbocycles. The highest BCUT2D eigenvalue weighted by atomic mass is 16.1. The SMILES string of the molecule is O=C1CCCC2=C1C(=O)CC1CCCCN21. The largest absolute Gasteiger partial charge is 0.371 e. The average molecular weight is 219 g/mol. The Labute approximate surface area is 95.5 Å². The van der Waals surface area contributed by atoms with Crippen LogP contribution in [0.5, 0.6) is 0 Å². The molecule has 0 amide bonds. The van der Waals surface area contributed by atoms with Gasteiger partial charge in [-0.15, -0.1) is 0 Å². The van der Waals surface area contributed by atoms with Gasteiger partial charge in [0.1, 0.15) is 0 Å². The van der Waals surface area contributed by atoms with Crippen molar-refractivity contribution in [2.45, 2.75) is 51.0 Å². The van der Waals surface area contributed by atoms with Crippen molar-refractivity contribution in [2.24, 2.45) is 0 Å². The van der Waals surface area contributed by atoms with Gasteiger partial charge in [0.2, 0.25) is 0 Å². The summed E-state index contributed by atoms with van der Waals surface area (Å²) >= 11 is 0. The Morgan fingerprint density at radius 2 is 1.88 bits per heavy atom. The molecule has 2 aliphatic heterocycles. The van der Waals surface area contributed by atoms with E-state index in [1.165, 1.54) is 12.8 Å². The lowest BCUT2D eigenvalue weighted by Crippen LogP contribution is -2.46. The van der Waals surface area contributed by atoms with E-state index in [0.29, 0.717) is 24.5 Å². The molecule has 3 rings (SSSR count). The third-order valence-corrected chi connectivity index (χ3v) is 4.06. The van der Waals surface area contributed by atoms with Crippen LogP contribution in [0.15, 0.2) is 11.3 Å². The summed E-state index contributed by atoms with van der Waals surface area (Å²) in [6, 6.07) is 0.394. The average Bonchev–Trinajstić information content (AvgIpc) is 2.29. The van der Waals surface area contributed by atoms with E-state index in [4.69, 9.17) is 0 Å². The van der Waals surface area contributed by atoms with Gasteiger partial charge in [0, 0.05) is 31.1 Å². The van der Waals surface area contributed by atoms with Crippen molar-refractivity contribution in [3.05, 3.63) is 11.3 Å². The van der Waals surface area contributed by atoms with Crippen molar-refractivity contribution in [3.63, 3.8) is 0 Å². The molecule has 0 aromatic rings. The zero-order chi connectivity index (χ0) is 11.1. The summed E-state index contributed by atoms with van der Waals surface area (Å²) in [5.41, 5.74) is 1.64. The monoisotopic (exact) mass is 219 g/mol. The summed E-state index contributed by atoms with van der Waals surface area (Å²) in [6.45, 7) is 1.05. The number of Topliss-reactive ketones (excluding diaryl/α,β-unsaturated/α-hetero) is 2. The Morgan fingerprint density at radius 3 is 2.75 bits per heavy atom. The second kappa shape index (κ2) is 3.72. The Bertz CT molecular complexity index is 383. The van der Waals surface area contributed by atoms with Crippen LogP contribution in [0.1, 0.15) is 44.9 Å². The van der Waals surface area contributed by atoms with E-state index >= 15 is 0 Å². The molecule has 1 atom stereocenters. The molecule has 0 radical (unpaired) electrons. The number of hydrogen-bond donors (Lipinski definition) is 0. The highest BCUT2D eigenvalue weighted by Crippen LogP contribution is 2.36. The smallest absolute Gasteiger partial charge is 0.170 e. The summed E-state index contributed by atoms with van der Waals surface area (Å²) in [7, 11) is 0. The molecule has 1 unspecified atom stereocenters. The third kappa shape index (κ3) is 1.41. The number of piperidine rings is 1. The summed E-state index contributed by atoms with van der Waals surface area (Å²) < 4.78 is 0. The van der Waals surface area contributed by atoms with Crippen LogP contribution < -0.4 is 0 Å². The minimum Gasteiger partial charge on any atom is -0.371 e. The number of carbonyl (C=O) groups is 2. The molecule has 2 heterocycles. The first-order valence-corrected chi connectivity index (χ1v) is 6.33. The van der Waals surface area contributed by atoms with E-state index in [2.05, 4.69) is 4.90 Å². The van der Waals surface area contributed by atoms with Crippen LogP contribution in [-0.4, -0.2) is 29.1 Å². The Balaban J connectivity index is 2.02. The number of hydrogen-bond acceptors (Lipinski definition) is 3. The minimum atomic E-state index is 0.0928. The van der Waals surface area contributed by atoms with Crippen LogP contribution in [0.2, 0.25) is 0 Å². The maximum Gasteiger partial charge on any atom is 0.170 e. The summed E-state index contributed by atoms with van der Waals surface area (Å²) in [5, 5.41) is 0. The van der Waals surface area contributed by atoms with E-state index in [-0.39, 0.29) is 11.6 Å². The molecule has 16 heavy (non-hydrogen) atoms. The van der Waals surface area contributed by atoms with E-state index in [1.54, 1.807) is 0 Å². The number of rotatable bonds is 0. The normalized spacial score (nSPS) is 30.2. The van der Waals surface area contributed by atoms with E-state index in [9.17, 15) is 9.59 Å². The van der Waals surface area contributed by atoms with Gasteiger partial charge in [0.15, 0.2) is 11.6 Å². The van der Waals surface area contributed by atoms with Crippen LogP contribution in [0.25, 0.3) is 0 Å². The molecule has 3 aliphatic rings. The molecule has 1 aliphatic carbocycles. The quantitative estimate of drug-likeness (QED) is 0.583. The van der Waals surface area contributed by atoms with Gasteiger partial charge in [-0.05, 0) is 32.1 Å².